The number of nitriles is 1. The van der Waals surface area contributed by atoms with Gasteiger partial charge in [-0.2, -0.15) is 15.0 Å². The number of carbonyl (C=O) groups excluding carboxylic acids is 2. The van der Waals surface area contributed by atoms with Gasteiger partial charge in [0.1, 0.15) is 18.8 Å². The van der Waals surface area contributed by atoms with E-state index in [-0.39, 0.29) is 19.1 Å². The van der Waals surface area contributed by atoms with Crippen molar-refractivity contribution in [2.75, 3.05) is 13.7 Å². The van der Waals surface area contributed by atoms with E-state index in [1.807, 2.05) is 19.9 Å². The Morgan fingerprint density at radius 1 is 1.26 bits per heavy atom. The first-order chi connectivity index (χ1) is 16.4. The Balaban J connectivity index is 1.38. The fourth-order valence-corrected chi connectivity index (χ4v) is 4.36. The molecule has 4 heterocycles. The maximum absolute atomic E-state index is 12.7. The van der Waals surface area contributed by atoms with E-state index >= 15 is 0 Å². The summed E-state index contributed by atoms with van der Waals surface area (Å²) in [5, 5.41) is 13.5. The second-order valence-electron chi connectivity index (χ2n) is 8.20. The topological polar surface area (TPSA) is 120 Å². The molecule has 10 nitrogen and oxygen atoms in total. The fraction of sp³-hybridized carbons (Fsp3) is 0.292. The third-order valence-corrected chi connectivity index (χ3v) is 6.23. The lowest BCUT2D eigenvalue weighted by atomic mass is 9.95. The number of carbonyl (C=O) groups is 2. The van der Waals surface area contributed by atoms with Crippen molar-refractivity contribution >= 4 is 12.1 Å². The van der Waals surface area contributed by atoms with Crippen molar-refractivity contribution < 1.29 is 23.8 Å². The van der Waals surface area contributed by atoms with Gasteiger partial charge in [0.25, 0.3) is 0 Å². The molecule has 0 spiro atoms. The second kappa shape index (κ2) is 8.19. The van der Waals surface area contributed by atoms with Gasteiger partial charge in [-0.3, -0.25) is 4.90 Å². The average Bonchev–Trinajstić information content (AvgIpc) is 3.52. The van der Waals surface area contributed by atoms with Crippen LogP contribution in [0.15, 0.2) is 30.6 Å². The van der Waals surface area contributed by atoms with Gasteiger partial charge in [-0.25, -0.2) is 14.6 Å². The van der Waals surface area contributed by atoms with Crippen LogP contribution in [-0.2, 0) is 22.6 Å². The smallest absolute Gasteiger partial charge is 0.410 e. The zero-order valence-corrected chi connectivity index (χ0v) is 18.9. The molecule has 1 saturated heterocycles. The van der Waals surface area contributed by atoms with Gasteiger partial charge < -0.3 is 14.2 Å². The molecule has 1 fully saturated rings. The Labute approximate surface area is 195 Å². The predicted octanol–water partition coefficient (Wildman–Crippen LogP) is 3.13. The van der Waals surface area contributed by atoms with E-state index in [0.717, 1.165) is 22.3 Å². The largest absolute Gasteiger partial charge is 0.481 e. The number of aromatic nitrogens is 3. The molecule has 2 aliphatic rings. The maximum atomic E-state index is 12.7. The van der Waals surface area contributed by atoms with Gasteiger partial charge in [0, 0.05) is 11.8 Å². The molecule has 0 saturated carbocycles. The van der Waals surface area contributed by atoms with Crippen LogP contribution in [0, 0.1) is 25.2 Å². The van der Waals surface area contributed by atoms with Crippen molar-refractivity contribution in [1.82, 2.24) is 19.7 Å². The van der Waals surface area contributed by atoms with E-state index in [1.54, 1.807) is 23.2 Å². The lowest BCUT2D eigenvalue weighted by Crippen LogP contribution is -2.24. The maximum Gasteiger partial charge on any atom is 0.410 e. The highest BCUT2D eigenvalue weighted by atomic mass is 16.6. The quantitative estimate of drug-likeness (QED) is 0.534. The van der Waals surface area contributed by atoms with E-state index in [1.165, 1.54) is 18.0 Å². The van der Waals surface area contributed by atoms with Crippen molar-refractivity contribution in [3.05, 3.63) is 69.5 Å². The molecule has 34 heavy (non-hydrogen) atoms. The number of ether oxygens (including phenoxy) is 3. The molecule has 1 unspecified atom stereocenters. The molecule has 2 aliphatic heterocycles. The van der Waals surface area contributed by atoms with Gasteiger partial charge in [-0.1, -0.05) is 6.07 Å². The Bertz CT molecular complexity index is 1370. The SMILES string of the molecule is COc1c(CN2CC(c3ccc4c(c3C)COC4=O)OC2=O)cnn1-c1cc(C)c(C#N)cn1. The van der Waals surface area contributed by atoms with Crippen molar-refractivity contribution in [3.8, 4) is 17.8 Å². The van der Waals surface area contributed by atoms with Gasteiger partial charge in [-0.05, 0) is 42.7 Å². The van der Waals surface area contributed by atoms with Crippen molar-refractivity contribution in [1.29, 1.82) is 5.26 Å². The Morgan fingerprint density at radius 3 is 2.82 bits per heavy atom. The minimum Gasteiger partial charge on any atom is -0.481 e. The summed E-state index contributed by atoms with van der Waals surface area (Å²) in [5.41, 5.74) is 5.10. The van der Waals surface area contributed by atoms with Crippen LogP contribution < -0.4 is 4.74 Å². The molecule has 0 aliphatic carbocycles. The van der Waals surface area contributed by atoms with E-state index in [4.69, 9.17) is 19.5 Å². The summed E-state index contributed by atoms with van der Waals surface area (Å²) in [5.74, 6) is 0.620. The molecule has 10 heteroatoms. The standard InChI is InChI=1S/C24H21N5O5/c1-13-6-21(26-8-15(13)7-25)29-22(32-3)16(9-27-29)10-28-11-20(34-24(28)31)17-4-5-18-19(14(17)2)12-33-23(18)30/h4-6,8-9,20H,10-12H2,1-3H3. The van der Waals surface area contributed by atoms with Crippen LogP contribution in [0.4, 0.5) is 4.79 Å². The van der Waals surface area contributed by atoms with Crippen LogP contribution in [0.5, 0.6) is 5.88 Å². The van der Waals surface area contributed by atoms with Gasteiger partial charge in [0.05, 0.1) is 43.1 Å². The number of fused-ring (bicyclic) bond motifs is 1. The molecule has 172 valence electrons. The summed E-state index contributed by atoms with van der Waals surface area (Å²) >= 11 is 0. The van der Waals surface area contributed by atoms with Crippen LogP contribution in [-0.4, -0.2) is 45.4 Å². The van der Waals surface area contributed by atoms with Crippen molar-refractivity contribution in [2.24, 2.45) is 0 Å². The highest BCUT2D eigenvalue weighted by molar-refractivity contribution is 5.94. The summed E-state index contributed by atoms with van der Waals surface area (Å²) in [4.78, 5) is 30.4. The van der Waals surface area contributed by atoms with E-state index < -0.39 is 12.2 Å². The molecule has 0 bridgehead atoms. The minimum atomic E-state index is -0.461. The molecule has 1 amide bonds. The highest BCUT2D eigenvalue weighted by Crippen LogP contribution is 2.35. The van der Waals surface area contributed by atoms with Gasteiger partial charge in [0.15, 0.2) is 5.82 Å². The van der Waals surface area contributed by atoms with Crippen LogP contribution in [0.2, 0.25) is 0 Å². The first kappa shape index (κ1) is 21.5. The first-order valence-electron chi connectivity index (χ1n) is 10.6. The molecule has 0 radical (unpaired) electrons. The Kier molecular flexibility index (Phi) is 5.17. The van der Waals surface area contributed by atoms with E-state index in [9.17, 15) is 9.59 Å². The summed E-state index contributed by atoms with van der Waals surface area (Å²) in [6.07, 6.45) is 2.21. The lowest BCUT2D eigenvalue weighted by Gasteiger charge is -2.15. The number of hydrogen-bond donors (Lipinski definition) is 0. The number of hydrogen-bond acceptors (Lipinski definition) is 8. The van der Waals surface area contributed by atoms with Gasteiger partial charge in [-0.15, -0.1) is 0 Å². The molecule has 1 atom stereocenters. The Morgan fingerprint density at radius 2 is 2.09 bits per heavy atom. The number of nitrogens with zero attached hydrogens (tertiary/aromatic N) is 5. The van der Waals surface area contributed by atoms with Crippen LogP contribution in [0.1, 0.15) is 49.8 Å². The number of benzene rings is 1. The zero-order chi connectivity index (χ0) is 24.0. The number of amides is 1. The van der Waals surface area contributed by atoms with Crippen molar-refractivity contribution in [3.63, 3.8) is 0 Å². The molecular formula is C24H21N5O5. The summed E-state index contributed by atoms with van der Waals surface area (Å²) in [6.45, 7) is 4.54. The second-order valence-corrected chi connectivity index (χ2v) is 8.20. The van der Waals surface area contributed by atoms with Crippen LogP contribution >= 0.6 is 0 Å². The predicted molar refractivity (Wildman–Crippen MR) is 117 cm³/mol. The number of pyridine rings is 1. The minimum absolute atomic E-state index is 0.234. The third kappa shape index (κ3) is 3.42. The van der Waals surface area contributed by atoms with E-state index in [2.05, 4.69) is 16.2 Å². The summed E-state index contributed by atoms with van der Waals surface area (Å²) < 4.78 is 17.9. The number of cyclic esters (lactones) is 2. The number of aryl methyl sites for hydroxylation is 1. The Hall–Kier alpha value is -4.39. The van der Waals surface area contributed by atoms with Crippen LogP contribution in [0.25, 0.3) is 5.82 Å². The molecule has 5 rings (SSSR count). The number of esters is 1. The van der Waals surface area contributed by atoms with Gasteiger partial charge >= 0.3 is 12.1 Å². The number of methoxy groups -OCH3 is 1. The van der Waals surface area contributed by atoms with E-state index in [0.29, 0.717) is 34.9 Å². The monoisotopic (exact) mass is 459 g/mol. The molecule has 2 aromatic heterocycles. The van der Waals surface area contributed by atoms with Crippen LogP contribution in [0.3, 0.4) is 0 Å². The average molecular weight is 459 g/mol. The third-order valence-electron chi connectivity index (χ3n) is 6.23. The highest BCUT2D eigenvalue weighted by Gasteiger charge is 2.36. The summed E-state index contributed by atoms with van der Waals surface area (Å²) in [7, 11) is 1.52. The summed E-state index contributed by atoms with van der Waals surface area (Å²) in [6, 6.07) is 7.39. The first-order valence-corrected chi connectivity index (χ1v) is 10.6. The molecular weight excluding hydrogens is 438 g/mol. The fourth-order valence-electron chi connectivity index (χ4n) is 4.36. The molecule has 0 N–H and O–H groups in total. The lowest BCUT2D eigenvalue weighted by molar-refractivity contribution is 0.0535. The molecule has 3 aromatic rings. The zero-order valence-electron chi connectivity index (χ0n) is 18.9. The number of rotatable bonds is 5. The normalized spacial score (nSPS) is 16.8. The molecule has 1 aromatic carbocycles. The van der Waals surface area contributed by atoms with Crippen molar-refractivity contribution in [2.45, 2.75) is 33.1 Å². The van der Waals surface area contributed by atoms with Gasteiger partial charge in [0.2, 0.25) is 5.88 Å².